The van der Waals surface area contributed by atoms with Crippen LogP contribution in [0.3, 0.4) is 0 Å². The molecular weight excluding hydrogens is 733 g/mol. The van der Waals surface area contributed by atoms with Gasteiger partial charge in [0.05, 0.1) is 30.5 Å². The number of aromatic amines is 2. The number of rotatable bonds is 13. The number of aliphatic carboxylic acids is 1. The van der Waals surface area contributed by atoms with Crippen molar-refractivity contribution in [2.75, 3.05) is 6.61 Å². The van der Waals surface area contributed by atoms with Crippen molar-refractivity contribution in [3.05, 3.63) is 156 Å². The van der Waals surface area contributed by atoms with Crippen molar-refractivity contribution in [3.63, 3.8) is 0 Å². The average molecular weight is 779 g/mol. The van der Waals surface area contributed by atoms with Crippen LogP contribution in [0.2, 0.25) is 0 Å². The highest BCUT2D eigenvalue weighted by atomic mass is 16.5. The standard InChI is InChI=1S/C23H21N3O3.C21H17N3O3.2CH4/c1-2-28-20(27)14-18-12-13-24-23-21(18)25-22(26-23)17-8-10-19(11-9-17)29-15-16-6-4-3-5-7-16;25-18(26)12-16-10-11-22-21-19(16)23-20(24-21)15-6-8-17(9-7-15)27-13-14-4-2-1-3-5-14;;/h3-13H,2,14-15H2,1H3,(H,24,25,26);1-11H,12-13H2,(H,25,26)(H,22,23,24);2*1H4. The Labute approximate surface area is 337 Å². The van der Waals surface area contributed by atoms with E-state index in [9.17, 15) is 9.59 Å². The number of H-pyrrole nitrogens is 2. The molecule has 0 spiro atoms. The van der Waals surface area contributed by atoms with E-state index in [2.05, 4.69) is 29.9 Å². The summed E-state index contributed by atoms with van der Waals surface area (Å²) in [6.45, 7) is 3.18. The summed E-state index contributed by atoms with van der Waals surface area (Å²) >= 11 is 0. The molecule has 4 heterocycles. The van der Waals surface area contributed by atoms with Crippen molar-refractivity contribution in [1.82, 2.24) is 29.9 Å². The molecule has 4 aromatic heterocycles. The number of esters is 1. The van der Waals surface area contributed by atoms with Crippen molar-refractivity contribution in [1.29, 1.82) is 0 Å². The Bertz CT molecular complexity index is 2540. The van der Waals surface area contributed by atoms with E-state index in [1.807, 2.05) is 115 Å². The normalized spacial score (nSPS) is 10.4. The summed E-state index contributed by atoms with van der Waals surface area (Å²) in [5.41, 5.74) is 7.98. The topological polar surface area (TPSA) is 165 Å². The number of carbonyl (C=O) groups excluding carboxylic acids is 1. The first-order valence-electron chi connectivity index (χ1n) is 18.0. The van der Waals surface area contributed by atoms with E-state index in [1.54, 1.807) is 25.4 Å². The number of imidazole rings is 2. The first-order valence-corrected chi connectivity index (χ1v) is 18.0. The Morgan fingerprint density at radius 2 is 1.02 bits per heavy atom. The number of hydrogen-bond donors (Lipinski definition) is 3. The van der Waals surface area contributed by atoms with Gasteiger partial charge in [0.1, 0.15) is 36.4 Å². The highest BCUT2D eigenvalue weighted by molar-refractivity contribution is 5.84. The monoisotopic (exact) mass is 778 g/mol. The van der Waals surface area contributed by atoms with Gasteiger partial charge >= 0.3 is 11.9 Å². The highest BCUT2D eigenvalue weighted by Crippen LogP contribution is 2.26. The molecule has 3 N–H and O–H groups in total. The van der Waals surface area contributed by atoms with Crippen LogP contribution in [-0.2, 0) is 40.4 Å². The molecule has 0 fully saturated rings. The number of ether oxygens (including phenoxy) is 3. The molecule has 0 bridgehead atoms. The molecule has 0 aliphatic rings. The number of fused-ring (bicyclic) bond motifs is 2. The first-order chi connectivity index (χ1) is 27.4. The molecule has 12 heteroatoms. The molecule has 0 aliphatic heterocycles. The molecule has 8 aromatic rings. The Morgan fingerprint density at radius 1 is 0.586 bits per heavy atom. The van der Waals surface area contributed by atoms with Gasteiger partial charge in [-0.3, -0.25) is 9.59 Å². The van der Waals surface area contributed by atoms with Crippen LogP contribution in [0.1, 0.15) is 44.0 Å². The quantitative estimate of drug-likeness (QED) is 0.0961. The zero-order valence-corrected chi connectivity index (χ0v) is 30.5. The molecule has 4 aromatic carbocycles. The van der Waals surface area contributed by atoms with Crippen molar-refractivity contribution < 1.29 is 28.9 Å². The van der Waals surface area contributed by atoms with Gasteiger partial charge in [0.2, 0.25) is 0 Å². The predicted octanol–water partition coefficient (Wildman–Crippen LogP) is 9.41. The third kappa shape index (κ3) is 10.7. The van der Waals surface area contributed by atoms with Crippen molar-refractivity contribution in [2.45, 2.75) is 47.8 Å². The summed E-state index contributed by atoms with van der Waals surface area (Å²) in [7, 11) is 0. The number of benzene rings is 4. The van der Waals surface area contributed by atoms with E-state index in [0.29, 0.717) is 53.8 Å². The van der Waals surface area contributed by atoms with Gasteiger partial charge in [-0.1, -0.05) is 75.5 Å². The minimum atomic E-state index is -0.890. The van der Waals surface area contributed by atoms with E-state index in [0.717, 1.165) is 44.8 Å². The fourth-order valence-electron chi connectivity index (χ4n) is 5.92. The van der Waals surface area contributed by atoms with Crippen LogP contribution in [0.4, 0.5) is 0 Å². The van der Waals surface area contributed by atoms with Crippen LogP contribution in [0, 0.1) is 0 Å². The number of carboxylic acids is 1. The number of aromatic nitrogens is 6. The number of carbonyl (C=O) groups is 2. The Balaban J connectivity index is 0.000000214. The highest BCUT2D eigenvalue weighted by Gasteiger charge is 2.14. The molecule has 0 atom stereocenters. The fraction of sp³-hybridized carbons (Fsp3) is 0.174. The van der Waals surface area contributed by atoms with E-state index in [1.165, 1.54) is 0 Å². The van der Waals surface area contributed by atoms with Crippen molar-refractivity contribution in [3.8, 4) is 34.3 Å². The molecule has 0 saturated heterocycles. The molecule has 12 nitrogen and oxygen atoms in total. The lowest BCUT2D eigenvalue weighted by molar-refractivity contribution is -0.142. The largest absolute Gasteiger partial charge is 0.489 e. The van der Waals surface area contributed by atoms with Gasteiger partial charge in [-0.25, -0.2) is 19.9 Å². The number of hydrogen-bond acceptors (Lipinski definition) is 9. The maximum Gasteiger partial charge on any atom is 0.310 e. The summed E-state index contributed by atoms with van der Waals surface area (Å²) in [6, 6.07) is 38.8. The molecule has 0 aliphatic carbocycles. The molecule has 0 amide bonds. The SMILES string of the molecule is C.C.CCOC(=O)Cc1ccnc2nc(-c3ccc(OCc4ccccc4)cc3)[nH]c12.O=C(O)Cc1ccnc2nc(-c3ccc(OCc4ccccc4)cc3)[nH]c12. The van der Waals surface area contributed by atoms with Gasteiger partial charge in [0, 0.05) is 23.5 Å². The van der Waals surface area contributed by atoms with Crippen LogP contribution in [0.25, 0.3) is 45.1 Å². The van der Waals surface area contributed by atoms with Crippen LogP contribution >= 0.6 is 0 Å². The molecule has 0 radical (unpaired) electrons. The van der Waals surface area contributed by atoms with Gasteiger partial charge in [0.15, 0.2) is 11.3 Å². The second kappa shape index (κ2) is 20.0. The molecule has 296 valence electrons. The Kier molecular flexibility index (Phi) is 14.4. The smallest absolute Gasteiger partial charge is 0.310 e. The minimum absolute atomic E-state index is 0. The molecule has 8 rings (SSSR count). The molecule has 58 heavy (non-hydrogen) atoms. The van der Waals surface area contributed by atoms with Crippen molar-refractivity contribution in [2.24, 2.45) is 0 Å². The van der Waals surface area contributed by atoms with Crippen LogP contribution < -0.4 is 9.47 Å². The van der Waals surface area contributed by atoms with Crippen LogP contribution in [-0.4, -0.2) is 53.6 Å². The van der Waals surface area contributed by atoms with Gasteiger partial charge in [-0.2, -0.15) is 0 Å². The summed E-state index contributed by atoms with van der Waals surface area (Å²) in [6.07, 6.45) is 3.33. The number of nitrogens with zero attached hydrogens (tertiary/aromatic N) is 4. The first kappa shape index (κ1) is 41.8. The van der Waals surface area contributed by atoms with Crippen LogP contribution in [0.5, 0.6) is 11.5 Å². The lowest BCUT2D eigenvalue weighted by Gasteiger charge is -2.06. The lowest BCUT2D eigenvalue weighted by Crippen LogP contribution is -2.07. The van der Waals surface area contributed by atoms with Gasteiger partial charge in [-0.15, -0.1) is 0 Å². The zero-order chi connectivity index (χ0) is 38.7. The summed E-state index contributed by atoms with van der Waals surface area (Å²) < 4.78 is 16.7. The zero-order valence-electron chi connectivity index (χ0n) is 30.5. The molecular formula is C46H46N6O6. The third-order valence-electron chi connectivity index (χ3n) is 8.69. The number of nitrogens with one attached hydrogen (secondary N) is 2. The van der Waals surface area contributed by atoms with E-state index >= 15 is 0 Å². The fourth-order valence-corrected chi connectivity index (χ4v) is 5.92. The van der Waals surface area contributed by atoms with E-state index < -0.39 is 5.97 Å². The predicted molar refractivity (Wildman–Crippen MR) is 225 cm³/mol. The number of carboxylic acid groups (broad SMARTS) is 1. The third-order valence-corrected chi connectivity index (χ3v) is 8.69. The van der Waals surface area contributed by atoms with Gasteiger partial charge < -0.3 is 29.3 Å². The molecule has 0 saturated carbocycles. The maximum absolute atomic E-state index is 11.8. The van der Waals surface area contributed by atoms with Gasteiger partial charge in [0.25, 0.3) is 0 Å². The average Bonchev–Trinajstić information content (AvgIpc) is 3.87. The maximum atomic E-state index is 11.8. The lowest BCUT2D eigenvalue weighted by atomic mass is 10.2. The Hall–Kier alpha value is -7.34. The summed E-state index contributed by atoms with van der Waals surface area (Å²) in [4.78, 5) is 46.9. The summed E-state index contributed by atoms with van der Waals surface area (Å²) in [5, 5.41) is 9.05. The Morgan fingerprint density at radius 3 is 1.43 bits per heavy atom. The van der Waals surface area contributed by atoms with Crippen LogP contribution in [0.15, 0.2) is 134 Å². The minimum Gasteiger partial charge on any atom is -0.489 e. The number of pyridine rings is 2. The van der Waals surface area contributed by atoms with Gasteiger partial charge in [-0.05, 0) is 89.8 Å². The second-order valence-corrected chi connectivity index (χ2v) is 12.7. The van der Waals surface area contributed by atoms with Crippen molar-refractivity contribution >= 4 is 34.3 Å². The van der Waals surface area contributed by atoms with E-state index in [4.69, 9.17) is 19.3 Å². The van der Waals surface area contributed by atoms with E-state index in [-0.39, 0.29) is 33.7 Å². The second-order valence-electron chi connectivity index (χ2n) is 12.7. The molecule has 0 unspecified atom stereocenters. The summed E-state index contributed by atoms with van der Waals surface area (Å²) in [5.74, 6) is 1.73.